The molecule has 2 heterocycles. The Balaban J connectivity index is 1.71. The van der Waals surface area contributed by atoms with Gasteiger partial charge in [-0.05, 0) is 61.6 Å². The van der Waals surface area contributed by atoms with Gasteiger partial charge in [-0.2, -0.15) is 5.10 Å². The van der Waals surface area contributed by atoms with E-state index in [4.69, 9.17) is 12.2 Å². The Morgan fingerprint density at radius 3 is 2.73 bits per heavy atom. The first-order valence-corrected chi connectivity index (χ1v) is 10.3. The van der Waals surface area contributed by atoms with Crippen molar-refractivity contribution in [3.05, 3.63) is 56.6 Å². The first-order valence-electron chi connectivity index (χ1n) is 8.21. The summed E-state index contributed by atoms with van der Waals surface area (Å²) in [5, 5.41) is 12.1. The van der Waals surface area contributed by atoms with Crippen LogP contribution in [-0.4, -0.2) is 26.7 Å². The highest BCUT2D eigenvalue weighted by Crippen LogP contribution is 2.25. The van der Waals surface area contributed by atoms with E-state index in [2.05, 4.69) is 43.6 Å². The molecule has 8 heteroatoms. The number of nitrogens with zero attached hydrogens (tertiary/aromatic N) is 2. The molecule has 0 aliphatic carbocycles. The summed E-state index contributed by atoms with van der Waals surface area (Å²) in [6, 6.07) is 11.6. The van der Waals surface area contributed by atoms with Gasteiger partial charge in [-0.3, -0.25) is 14.5 Å². The third kappa shape index (κ3) is 4.31. The highest BCUT2D eigenvalue weighted by Gasteiger charge is 2.22. The Hall–Kier alpha value is -1.77. The normalized spacial score (nSPS) is 13.3. The molecule has 0 aliphatic heterocycles. The highest BCUT2D eigenvalue weighted by molar-refractivity contribution is 9.10. The molecular formula is C18H19BrN4OS2. The van der Waals surface area contributed by atoms with Gasteiger partial charge in [-0.25, -0.2) is 0 Å². The smallest absolute Gasteiger partial charge is 0.243 e. The monoisotopic (exact) mass is 450 g/mol. The van der Waals surface area contributed by atoms with Gasteiger partial charge in [0.25, 0.3) is 0 Å². The van der Waals surface area contributed by atoms with Crippen LogP contribution < -0.4 is 5.32 Å². The number of benzene rings is 1. The Kier molecular flexibility index (Phi) is 6.05. The van der Waals surface area contributed by atoms with Crippen LogP contribution in [0.3, 0.4) is 0 Å². The van der Waals surface area contributed by atoms with Crippen molar-refractivity contribution in [2.75, 3.05) is 0 Å². The van der Waals surface area contributed by atoms with Crippen LogP contribution in [0.25, 0.3) is 10.7 Å². The van der Waals surface area contributed by atoms with E-state index in [9.17, 15) is 4.79 Å². The number of rotatable bonds is 6. The van der Waals surface area contributed by atoms with E-state index >= 15 is 0 Å². The number of aromatic amines is 1. The molecule has 1 amide bonds. The molecule has 0 radical (unpaired) electrons. The zero-order valence-electron chi connectivity index (χ0n) is 14.4. The molecule has 2 N–H and O–H groups in total. The van der Waals surface area contributed by atoms with Crippen molar-refractivity contribution in [3.8, 4) is 10.7 Å². The first-order chi connectivity index (χ1) is 12.5. The quantitative estimate of drug-likeness (QED) is 0.533. The van der Waals surface area contributed by atoms with E-state index in [1.165, 1.54) is 5.56 Å². The number of aromatic nitrogens is 3. The standard InChI is InChI=1S/C18H19BrN4OS2/c1-11(10-13-5-7-14(19)8-6-13)20-17(24)12(2)23-16(21-22-18(23)25)15-4-3-9-26-15/h3-9,11-12H,10H2,1-2H3,(H,20,24)(H,22,25). The molecule has 2 atom stereocenters. The van der Waals surface area contributed by atoms with Gasteiger partial charge in [0, 0.05) is 10.5 Å². The lowest BCUT2D eigenvalue weighted by Crippen LogP contribution is -2.38. The lowest BCUT2D eigenvalue weighted by atomic mass is 10.1. The van der Waals surface area contributed by atoms with E-state index < -0.39 is 6.04 Å². The van der Waals surface area contributed by atoms with Crippen LogP contribution in [0.1, 0.15) is 25.5 Å². The molecule has 2 aromatic heterocycles. The zero-order chi connectivity index (χ0) is 18.7. The Labute approximate surface area is 169 Å². The Morgan fingerprint density at radius 1 is 1.35 bits per heavy atom. The van der Waals surface area contributed by atoms with E-state index in [0.29, 0.717) is 10.6 Å². The molecule has 0 fully saturated rings. The van der Waals surface area contributed by atoms with Crippen LogP contribution in [0.2, 0.25) is 0 Å². The second-order valence-corrected chi connectivity index (χ2v) is 8.37. The molecule has 5 nitrogen and oxygen atoms in total. The maximum absolute atomic E-state index is 12.7. The maximum atomic E-state index is 12.7. The summed E-state index contributed by atoms with van der Waals surface area (Å²) in [6.45, 7) is 3.84. The van der Waals surface area contributed by atoms with Gasteiger partial charge in [-0.1, -0.05) is 34.1 Å². The van der Waals surface area contributed by atoms with Crippen LogP contribution in [0.5, 0.6) is 0 Å². The van der Waals surface area contributed by atoms with Crippen molar-refractivity contribution in [2.45, 2.75) is 32.4 Å². The average Bonchev–Trinajstić information content (AvgIpc) is 3.25. The van der Waals surface area contributed by atoms with Crippen LogP contribution in [-0.2, 0) is 11.2 Å². The fourth-order valence-corrected chi connectivity index (χ4v) is 4.01. The third-order valence-corrected chi connectivity index (χ3v) is 5.74. The number of hydrogen-bond acceptors (Lipinski definition) is 4. The van der Waals surface area contributed by atoms with Crippen LogP contribution >= 0.6 is 39.5 Å². The summed E-state index contributed by atoms with van der Waals surface area (Å²) in [5.41, 5.74) is 1.17. The van der Waals surface area contributed by atoms with Crippen molar-refractivity contribution in [2.24, 2.45) is 0 Å². The summed E-state index contributed by atoms with van der Waals surface area (Å²) < 4.78 is 3.25. The molecule has 1 aromatic carbocycles. The minimum Gasteiger partial charge on any atom is -0.352 e. The fourth-order valence-electron chi connectivity index (χ4n) is 2.75. The molecule has 0 bridgehead atoms. The number of carbonyl (C=O) groups excluding carboxylic acids is 1. The van der Waals surface area contributed by atoms with Crippen molar-refractivity contribution >= 4 is 45.4 Å². The lowest BCUT2D eigenvalue weighted by Gasteiger charge is -2.19. The second kappa shape index (κ2) is 8.28. The number of halogens is 1. The lowest BCUT2D eigenvalue weighted by molar-refractivity contribution is -0.124. The van der Waals surface area contributed by atoms with Crippen molar-refractivity contribution < 1.29 is 4.79 Å². The number of carbonyl (C=O) groups is 1. The number of H-pyrrole nitrogens is 1. The summed E-state index contributed by atoms with van der Waals surface area (Å²) >= 11 is 10.3. The zero-order valence-corrected chi connectivity index (χ0v) is 17.6. The van der Waals surface area contributed by atoms with Gasteiger partial charge in [0.05, 0.1) is 4.88 Å². The predicted molar refractivity (Wildman–Crippen MR) is 111 cm³/mol. The van der Waals surface area contributed by atoms with E-state index in [1.807, 2.05) is 43.5 Å². The van der Waals surface area contributed by atoms with E-state index in [1.54, 1.807) is 15.9 Å². The predicted octanol–water partition coefficient (Wildman–Crippen LogP) is 4.74. The summed E-state index contributed by atoms with van der Waals surface area (Å²) in [7, 11) is 0. The molecule has 26 heavy (non-hydrogen) atoms. The third-order valence-electron chi connectivity index (χ3n) is 4.06. The van der Waals surface area contributed by atoms with Gasteiger partial charge in [0.15, 0.2) is 10.6 Å². The Bertz CT molecular complexity index is 931. The molecule has 3 rings (SSSR count). The van der Waals surface area contributed by atoms with Crippen molar-refractivity contribution in [1.82, 2.24) is 20.1 Å². The summed E-state index contributed by atoms with van der Waals surface area (Å²) in [6.07, 6.45) is 0.764. The van der Waals surface area contributed by atoms with E-state index in [0.717, 1.165) is 15.8 Å². The highest BCUT2D eigenvalue weighted by atomic mass is 79.9. The first kappa shape index (κ1) is 19.0. The molecule has 2 unspecified atom stereocenters. The molecule has 0 aliphatic rings. The van der Waals surface area contributed by atoms with Crippen molar-refractivity contribution in [1.29, 1.82) is 0 Å². The average molecular weight is 451 g/mol. The Morgan fingerprint density at radius 2 is 2.08 bits per heavy atom. The minimum absolute atomic E-state index is 0.0115. The molecule has 136 valence electrons. The largest absolute Gasteiger partial charge is 0.352 e. The number of thiophene rings is 1. The fraction of sp³-hybridized carbons (Fsp3) is 0.278. The number of hydrogen-bond donors (Lipinski definition) is 2. The van der Waals surface area contributed by atoms with Crippen LogP contribution in [0.15, 0.2) is 46.3 Å². The molecule has 0 spiro atoms. The summed E-state index contributed by atoms with van der Waals surface area (Å²) in [5.74, 6) is 0.609. The molecular weight excluding hydrogens is 432 g/mol. The second-order valence-electron chi connectivity index (χ2n) is 6.12. The number of amides is 1. The summed E-state index contributed by atoms with van der Waals surface area (Å²) in [4.78, 5) is 13.7. The van der Waals surface area contributed by atoms with E-state index in [-0.39, 0.29) is 11.9 Å². The van der Waals surface area contributed by atoms with Gasteiger partial charge >= 0.3 is 0 Å². The van der Waals surface area contributed by atoms with Crippen molar-refractivity contribution in [3.63, 3.8) is 0 Å². The van der Waals surface area contributed by atoms with Crippen LogP contribution in [0.4, 0.5) is 0 Å². The molecule has 3 aromatic rings. The van der Waals surface area contributed by atoms with Gasteiger partial charge in [-0.15, -0.1) is 11.3 Å². The minimum atomic E-state index is -0.453. The SMILES string of the molecule is CC(Cc1ccc(Br)cc1)NC(=O)C(C)n1c(-c2cccs2)n[nH]c1=S. The molecule has 0 saturated heterocycles. The maximum Gasteiger partial charge on any atom is 0.243 e. The van der Waals surface area contributed by atoms with Gasteiger partial charge in [0.1, 0.15) is 6.04 Å². The van der Waals surface area contributed by atoms with Crippen LogP contribution in [0, 0.1) is 4.77 Å². The van der Waals surface area contributed by atoms with Gasteiger partial charge < -0.3 is 5.32 Å². The van der Waals surface area contributed by atoms with Gasteiger partial charge in [0.2, 0.25) is 5.91 Å². The number of nitrogens with one attached hydrogen (secondary N) is 2. The molecule has 0 saturated carbocycles. The topological polar surface area (TPSA) is 62.7 Å².